The molecule has 1 aliphatic heterocycles. The highest BCUT2D eigenvalue weighted by Gasteiger charge is 2.27. The van der Waals surface area contributed by atoms with Gasteiger partial charge in [-0.1, -0.05) is 18.2 Å². The number of benzene rings is 3. The molecule has 0 atom stereocenters. The lowest BCUT2D eigenvalue weighted by atomic mass is 9.91. The Morgan fingerprint density at radius 2 is 1.55 bits per heavy atom. The van der Waals surface area contributed by atoms with Gasteiger partial charge in [-0.25, -0.2) is 0 Å². The fourth-order valence-electron chi connectivity index (χ4n) is 3.61. The number of carbonyl (C=O) groups excluding carboxylic acids is 2. The normalized spacial score (nSPS) is 13.9. The van der Waals surface area contributed by atoms with Gasteiger partial charge in [-0.15, -0.1) is 0 Å². The van der Waals surface area contributed by atoms with E-state index in [0.717, 1.165) is 11.1 Å². The second-order valence-electron chi connectivity index (χ2n) is 7.38. The molecule has 4 rings (SSSR count). The first-order chi connectivity index (χ1) is 15.9. The monoisotopic (exact) mass is 446 g/mol. The molecule has 8 heteroatoms. The molecule has 0 bridgehead atoms. The molecule has 0 spiro atoms. The van der Waals surface area contributed by atoms with E-state index in [-0.39, 0.29) is 11.5 Å². The highest BCUT2D eigenvalue weighted by Crippen LogP contribution is 2.35. The summed E-state index contributed by atoms with van der Waals surface area (Å²) in [4.78, 5) is 25.0. The average molecular weight is 446 g/mol. The van der Waals surface area contributed by atoms with Crippen molar-refractivity contribution in [3.05, 3.63) is 77.5 Å². The van der Waals surface area contributed by atoms with E-state index in [4.69, 9.17) is 9.47 Å². The second-order valence-corrected chi connectivity index (χ2v) is 7.38. The van der Waals surface area contributed by atoms with Crippen molar-refractivity contribution in [2.75, 3.05) is 14.2 Å². The minimum atomic E-state index is -0.516. The van der Waals surface area contributed by atoms with Crippen molar-refractivity contribution in [3.63, 3.8) is 0 Å². The van der Waals surface area contributed by atoms with Crippen LogP contribution in [0.5, 0.6) is 23.0 Å². The molecule has 4 N–H and O–H groups in total. The molecule has 0 fully saturated rings. The van der Waals surface area contributed by atoms with Gasteiger partial charge in [0, 0.05) is 23.9 Å². The van der Waals surface area contributed by atoms with Gasteiger partial charge in [0.2, 0.25) is 0 Å². The topological polar surface area (TPSA) is 117 Å². The predicted molar refractivity (Wildman–Crippen MR) is 122 cm³/mol. The van der Waals surface area contributed by atoms with Crippen molar-refractivity contribution < 1.29 is 29.3 Å². The Morgan fingerprint density at radius 1 is 0.818 bits per heavy atom. The largest absolute Gasteiger partial charge is 0.504 e. The Kier molecular flexibility index (Phi) is 5.91. The van der Waals surface area contributed by atoms with Crippen LogP contribution in [0.3, 0.4) is 0 Å². The number of fused-ring (bicyclic) bond motifs is 1. The molecule has 0 aliphatic carbocycles. The highest BCUT2D eigenvalue weighted by molar-refractivity contribution is 6.31. The maximum absolute atomic E-state index is 12.6. The molecular formula is C25H22N2O6. The first-order valence-electron chi connectivity index (χ1n) is 10.1. The molecule has 168 valence electrons. The van der Waals surface area contributed by atoms with Crippen LogP contribution in [0.4, 0.5) is 0 Å². The summed E-state index contributed by atoms with van der Waals surface area (Å²) in [6, 6.07) is 15.2. The van der Waals surface area contributed by atoms with E-state index < -0.39 is 11.8 Å². The summed E-state index contributed by atoms with van der Waals surface area (Å²) in [6.45, 7) is 0.295. The van der Waals surface area contributed by atoms with Crippen LogP contribution in [-0.4, -0.2) is 36.2 Å². The van der Waals surface area contributed by atoms with E-state index in [2.05, 4.69) is 10.6 Å². The van der Waals surface area contributed by atoms with Crippen LogP contribution < -0.4 is 20.1 Å². The van der Waals surface area contributed by atoms with E-state index in [1.807, 2.05) is 12.1 Å². The molecular weight excluding hydrogens is 424 g/mol. The van der Waals surface area contributed by atoms with E-state index in [0.29, 0.717) is 40.3 Å². The summed E-state index contributed by atoms with van der Waals surface area (Å²) in [5.74, 6) is -0.255. The molecule has 1 aliphatic rings. The SMILES string of the molecule is COc1ccc(-c2ccc3c(c2)/C(=C\NCc2ccc(O)c(O)c2)C(=O)NC3=O)cc1OC. The first-order valence-corrected chi connectivity index (χ1v) is 10.1. The number of methoxy groups -OCH3 is 2. The number of hydrogen-bond donors (Lipinski definition) is 4. The third kappa shape index (κ3) is 4.31. The first kappa shape index (κ1) is 21.8. The smallest absolute Gasteiger partial charge is 0.260 e. The Labute approximate surface area is 190 Å². The lowest BCUT2D eigenvalue weighted by Gasteiger charge is -2.20. The van der Waals surface area contributed by atoms with Crippen molar-refractivity contribution in [1.82, 2.24) is 10.6 Å². The number of amides is 2. The summed E-state index contributed by atoms with van der Waals surface area (Å²) < 4.78 is 10.7. The van der Waals surface area contributed by atoms with Gasteiger partial charge in [-0.3, -0.25) is 14.9 Å². The zero-order chi connectivity index (χ0) is 23.5. The lowest BCUT2D eigenvalue weighted by Crippen LogP contribution is -2.37. The van der Waals surface area contributed by atoms with Gasteiger partial charge < -0.3 is 25.0 Å². The number of nitrogens with one attached hydrogen (secondary N) is 2. The van der Waals surface area contributed by atoms with Crippen molar-refractivity contribution in [2.24, 2.45) is 0 Å². The molecule has 0 saturated carbocycles. The summed E-state index contributed by atoms with van der Waals surface area (Å²) in [5.41, 5.74) is 3.52. The Morgan fingerprint density at radius 3 is 2.27 bits per heavy atom. The molecule has 3 aromatic carbocycles. The number of aromatic hydroxyl groups is 2. The number of ether oxygens (including phenoxy) is 2. The van der Waals surface area contributed by atoms with Gasteiger partial charge in [0.25, 0.3) is 11.8 Å². The third-order valence-corrected chi connectivity index (χ3v) is 5.34. The maximum Gasteiger partial charge on any atom is 0.260 e. The summed E-state index contributed by atoms with van der Waals surface area (Å²) in [5, 5.41) is 24.5. The van der Waals surface area contributed by atoms with Crippen LogP contribution in [0.2, 0.25) is 0 Å². The van der Waals surface area contributed by atoms with Crippen LogP contribution in [0.1, 0.15) is 21.5 Å². The number of phenols is 2. The van der Waals surface area contributed by atoms with E-state index >= 15 is 0 Å². The summed E-state index contributed by atoms with van der Waals surface area (Å²) in [7, 11) is 3.11. The molecule has 33 heavy (non-hydrogen) atoms. The van der Waals surface area contributed by atoms with Gasteiger partial charge in [-0.2, -0.15) is 0 Å². The molecule has 3 aromatic rings. The van der Waals surface area contributed by atoms with Crippen molar-refractivity contribution in [3.8, 4) is 34.1 Å². The van der Waals surface area contributed by atoms with Gasteiger partial charge in [0.1, 0.15) is 0 Å². The fourth-order valence-corrected chi connectivity index (χ4v) is 3.61. The molecule has 0 unspecified atom stereocenters. The van der Waals surface area contributed by atoms with E-state index in [1.54, 1.807) is 44.6 Å². The van der Waals surface area contributed by atoms with Crippen molar-refractivity contribution in [1.29, 1.82) is 0 Å². The van der Waals surface area contributed by atoms with E-state index in [1.165, 1.54) is 18.3 Å². The number of hydrogen-bond acceptors (Lipinski definition) is 7. The number of rotatable bonds is 6. The second kappa shape index (κ2) is 8.96. The zero-order valence-electron chi connectivity index (χ0n) is 18.0. The van der Waals surface area contributed by atoms with E-state index in [9.17, 15) is 19.8 Å². The zero-order valence-corrected chi connectivity index (χ0v) is 18.0. The minimum Gasteiger partial charge on any atom is -0.504 e. The van der Waals surface area contributed by atoms with Crippen LogP contribution in [0.15, 0.2) is 60.8 Å². The molecule has 8 nitrogen and oxygen atoms in total. The number of carbonyl (C=O) groups is 2. The quantitative estimate of drug-likeness (QED) is 0.261. The predicted octanol–water partition coefficient (Wildman–Crippen LogP) is 3.18. The van der Waals surface area contributed by atoms with Gasteiger partial charge in [-0.05, 0) is 53.1 Å². The minimum absolute atomic E-state index is 0.209. The summed E-state index contributed by atoms with van der Waals surface area (Å²) in [6.07, 6.45) is 1.53. The van der Waals surface area contributed by atoms with Crippen LogP contribution in [0, 0.1) is 0 Å². The van der Waals surface area contributed by atoms with Crippen molar-refractivity contribution >= 4 is 17.4 Å². The standard InChI is InChI=1S/C25H22N2O6/c1-32-22-8-5-16(11-23(22)33-2)15-4-6-17-18(10-15)19(25(31)27-24(17)30)13-26-12-14-3-7-20(28)21(29)9-14/h3-11,13,26,28-29H,12H2,1-2H3,(H,27,30,31)/b19-13+. The highest BCUT2D eigenvalue weighted by atomic mass is 16.5. The fraction of sp³-hybridized carbons (Fsp3) is 0.120. The number of imide groups is 1. The molecule has 0 saturated heterocycles. The molecule has 0 aromatic heterocycles. The van der Waals surface area contributed by atoms with Gasteiger partial charge in [0.05, 0.1) is 19.8 Å². The van der Waals surface area contributed by atoms with Crippen LogP contribution in [0.25, 0.3) is 16.7 Å². The Hall–Kier alpha value is -4.46. The van der Waals surface area contributed by atoms with Gasteiger partial charge in [0.15, 0.2) is 23.0 Å². The molecule has 0 radical (unpaired) electrons. The molecule has 1 heterocycles. The molecule has 2 amide bonds. The maximum atomic E-state index is 12.6. The van der Waals surface area contributed by atoms with Crippen LogP contribution in [-0.2, 0) is 11.3 Å². The number of phenolic OH excluding ortho intramolecular Hbond substituents is 2. The Balaban J connectivity index is 1.68. The van der Waals surface area contributed by atoms with Crippen molar-refractivity contribution in [2.45, 2.75) is 6.54 Å². The Bertz CT molecular complexity index is 1280. The summed E-state index contributed by atoms with van der Waals surface area (Å²) >= 11 is 0. The third-order valence-electron chi connectivity index (χ3n) is 5.34. The van der Waals surface area contributed by atoms with Gasteiger partial charge >= 0.3 is 0 Å². The van der Waals surface area contributed by atoms with Crippen LogP contribution >= 0.6 is 0 Å². The average Bonchev–Trinajstić information content (AvgIpc) is 2.82. The lowest BCUT2D eigenvalue weighted by molar-refractivity contribution is -0.114.